The zero-order chi connectivity index (χ0) is 12.6. The summed E-state index contributed by atoms with van der Waals surface area (Å²) in [6.45, 7) is 15.6. The molecule has 2 fully saturated rings. The van der Waals surface area contributed by atoms with Crippen LogP contribution < -0.4 is 5.32 Å². The average molecular weight is 238 g/mol. The smallest absolute Gasteiger partial charge is 0.0269 e. The highest BCUT2D eigenvalue weighted by atomic mass is 15.2. The molecule has 2 aliphatic rings. The molecule has 2 nitrogen and oxygen atoms in total. The van der Waals surface area contributed by atoms with Gasteiger partial charge in [0.05, 0.1) is 0 Å². The SMILES string of the molecule is CC(C)C1CN(CC2CC2)C(C(C)(C)C)CN1. The summed E-state index contributed by atoms with van der Waals surface area (Å²) in [4.78, 5) is 2.78. The van der Waals surface area contributed by atoms with Gasteiger partial charge >= 0.3 is 0 Å². The van der Waals surface area contributed by atoms with Crippen molar-refractivity contribution in [2.24, 2.45) is 17.3 Å². The summed E-state index contributed by atoms with van der Waals surface area (Å²) < 4.78 is 0. The molecule has 0 aromatic heterocycles. The Balaban J connectivity index is 2.00. The molecule has 2 rings (SSSR count). The molecule has 0 bridgehead atoms. The van der Waals surface area contributed by atoms with E-state index in [0.29, 0.717) is 17.5 Å². The van der Waals surface area contributed by atoms with Gasteiger partial charge < -0.3 is 5.32 Å². The first-order valence-corrected chi connectivity index (χ1v) is 7.35. The van der Waals surface area contributed by atoms with E-state index in [-0.39, 0.29) is 0 Å². The molecule has 0 aromatic carbocycles. The van der Waals surface area contributed by atoms with Gasteiger partial charge in [-0.05, 0) is 30.1 Å². The molecule has 1 aliphatic heterocycles. The van der Waals surface area contributed by atoms with E-state index in [0.717, 1.165) is 11.8 Å². The third kappa shape index (κ3) is 3.45. The van der Waals surface area contributed by atoms with Crippen molar-refractivity contribution in [1.82, 2.24) is 10.2 Å². The zero-order valence-electron chi connectivity index (χ0n) is 12.3. The number of nitrogens with one attached hydrogen (secondary N) is 1. The van der Waals surface area contributed by atoms with Crippen LogP contribution in [0.1, 0.15) is 47.5 Å². The Labute approximate surface area is 107 Å². The Morgan fingerprint density at radius 3 is 2.35 bits per heavy atom. The minimum absolute atomic E-state index is 0.393. The van der Waals surface area contributed by atoms with Crippen molar-refractivity contribution in [2.75, 3.05) is 19.6 Å². The van der Waals surface area contributed by atoms with Crippen LogP contribution in [0, 0.1) is 17.3 Å². The van der Waals surface area contributed by atoms with E-state index in [1.165, 1.54) is 32.5 Å². The van der Waals surface area contributed by atoms with Crippen LogP contribution in [0.3, 0.4) is 0 Å². The van der Waals surface area contributed by atoms with Gasteiger partial charge in [-0.1, -0.05) is 34.6 Å². The van der Waals surface area contributed by atoms with Gasteiger partial charge in [-0.25, -0.2) is 0 Å². The fraction of sp³-hybridized carbons (Fsp3) is 1.00. The molecular formula is C15H30N2. The molecule has 2 unspecified atom stereocenters. The van der Waals surface area contributed by atoms with Crippen LogP contribution in [0.15, 0.2) is 0 Å². The third-order valence-corrected chi connectivity index (χ3v) is 4.44. The predicted octanol–water partition coefficient (Wildman–Crippen LogP) is 2.74. The second kappa shape index (κ2) is 4.89. The van der Waals surface area contributed by atoms with Gasteiger partial charge in [0.2, 0.25) is 0 Å². The van der Waals surface area contributed by atoms with Crippen molar-refractivity contribution in [2.45, 2.75) is 59.5 Å². The maximum atomic E-state index is 3.76. The second-order valence-electron chi connectivity index (χ2n) is 7.54. The zero-order valence-corrected chi connectivity index (χ0v) is 12.3. The highest BCUT2D eigenvalue weighted by molar-refractivity contribution is 4.95. The summed E-state index contributed by atoms with van der Waals surface area (Å²) in [5.74, 6) is 1.75. The van der Waals surface area contributed by atoms with Crippen molar-refractivity contribution < 1.29 is 0 Å². The monoisotopic (exact) mass is 238 g/mol. The fourth-order valence-corrected chi connectivity index (χ4v) is 2.97. The molecule has 100 valence electrons. The predicted molar refractivity (Wildman–Crippen MR) is 74.2 cm³/mol. The van der Waals surface area contributed by atoms with Crippen LogP contribution in [-0.2, 0) is 0 Å². The van der Waals surface area contributed by atoms with Gasteiger partial charge in [-0.3, -0.25) is 4.90 Å². The molecule has 1 saturated heterocycles. The van der Waals surface area contributed by atoms with Crippen LogP contribution in [0.25, 0.3) is 0 Å². The van der Waals surface area contributed by atoms with E-state index in [2.05, 4.69) is 44.8 Å². The molecule has 1 heterocycles. The molecule has 0 aromatic rings. The fourth-order valence-electron chi connectivity index (χ4n) is 2.97. The van der Waals surface area contributed by atoms with Crippen molar-refractivity contribution in [1.29, 1.82) is 0 Å². The van der Waals surface area contributed by atoms with Crippen molar-refractivity contribution in [3.05, 3.63) is 0 Å². The first kappa shape index (κ1) is 13.4. The molecule has 1 saturated carbocycles. The van der Waals surface area contributed by atoms with Gasteiger partial charge in [-0.15, -0.1) is 0 Å². The quantitative estimate of drug-likeness (QED) is 0.813. The Hall–Kier alpha value is -0.0800. The number of nitrogens with zero attached hydrogens (tertiary/aromatic N) is 1. The van der Waals surface area contributed by atoms with Gasteiger partial charge in [0.25, 0.3) is 0 Å². The standard InChI is InChI=1S/C15H30N2/c1-11(2)13-10-17(9-12-6-7-12)14(8-16-13)15(3,4)5/h11-14,16H,6-10H2,1-5H3. The van der Waals surface area contributed by atoms with Gasteiger partial charge in [-0.2, -0.15) is 0 Å². The van der Waals surface area contributed by atoms with Crippen LogP contribution in [0.4, 0.5) is 0 Å². The molecule has 0 spiro atoms. The van der Waals surface area contributed by atoms with E-state index < -0.39 is 0 Å². The molecule has 2 atom stereocenters. The summed E-state index contributed by atoms with van der Waals surface area (Å²) in [5, 5.41) is 3.76. The lowest BCUT2D eigenvalue weighted by Crippen LogP contribution is -2.62. The van der Waals surface area contributed by atoms with Crippen molar-refractivity contribution in [3.63, 3.8) is 0 Å². The maximum absolute atomic E-state index is 3.76. The Morgan fingerprint density at radius 1 is 1.24 bits per heavy atom. The average Bonchev–Trinajstić information content (AvgIpc) is 2.99. The van der Waals surface area contributed by atoms with Crippen LogP contribution >= 0.6 is 0 Å². The largest absolute Gasteiger partial charge is 0.311 e. The Morgan fingerprint density at radius 2 is 1.88 bits per heavy atom. The Kier molecular flexibility index (Phi) is 3.84. The highest BCUT2D eigenvalue weighted by Crippen LogP contribution is 2.34. The van der Waals surface area contributed by atoms with E-state index in [9.17, 15) is 0 Å². The molecule has 1 aliphatic carbocycles. The van der Waals surface area contributed by atoms with E-state index >= 15 is 0 Å². The topological polar surface area (TPSA) is 15.3 Å². The number of hydrogen-bond donors (Lipinski definition) is 1. The summed E-state index contributed by atoms with van der Waals surface area (Å²) in [6, 6.07) is 1.39. The summed E-state index contributed by atoms with van der Waals surface area (Å²) in [7, 11) is 0. The number of hydrogen-bond acceptors (Lipinski definition) is 2. The lowest BCUT2D eigenvalue weighted by atomic mass is 9.83. The molecule has 1 N–H and O–H groups in total. The normalized spacial score (nSPS) is 32.1. The molecular weight excluding hydrogens is 208 g/mol. The number of rotatable bonds is 3. The molecule has 0 radical (unpaired) electrons. The van der Waals surface area contributed by atoms with Crippen LogP contribution in [0.5, 0.6) is 0 Å². The minimum Gasteiger partial charge on any atom is -0.311 e. The second-order valence-corrected chi connectivity index (χ2v) is 7.54. The lowest BCUT2D eigenvalue weighted by Gasteiger charge is -2.47. The summed E-state index contributed by atoms with van der Waals surface area (Å²) in [5.41, 5.74) is 0.393. The third-order valence-electron chi connectivity index (χ3n) is 4.44. The van der Waals surface area contributed by atoms with Crippen molar-refractivity contribution >= 4 is 0 Å². The van der Waals surface area contributed by atoms with E-state index in [1.54, 1.807) is 0 Å². The lowest BCUT2D eigenvalue weighted by molar-refractivity contribution is 0.0427. The molecule has 2 heteroatoms. The maximum Gasteiger partial charge on any atom is 0.0269 e. The summed E-state index contributed by atoms with van der Waals surface area (Å²) in [6.07, 6.45) is 2.93. The van der Waals surface area contributed by atoms with Crippen LogP contribution in [0.2, 0.25) is 0 Å². The van der Waals surface area contributed by atoms with Gasteiger partial charge in [0.15, 0.2) is 0 Å². The van der Waals surface area contributed by atoms with E-state index in [4.69, 9.17) is 0 Å². The van der Waals surface area contributed by atoms with Crippen molar-refractivity contribution in [3.8, 4) is 0 Å². The first-order valence-electron chi connectivity index (χ1n) is 7.35. The molecule has 17 heavy (non-hydrogen) atoms. The Bertz CT molecular complexity index is 250. The summed E-state index contributed by atoms with van der Waals surface area (Å²) >= 11 is 0. The van der Waals surface area contributed by atoms with Crippen LogP contribution in [-0.4, -0.2) is 36.6 Å². The molecule has 0 amide bonds. The van der Waals surface area contributed by atoms with Gasteiger partial charge in [0.1, 0.15) is 0 Å². The van der Waals surface area contributed by atoms with E-state index in [1.807, 2.05) is 0 Å². The number of piperazine rings is 1. The van der Waals surface area contributed by atoms with Gasteiger partial charge in [0, 0.05) is 31.7 Å². The first-order chi connectivity index (χ1) is 7.88. The highest BCUT2D eigenvalue weighted by Gasteiger charge is 2.38. The minimum atomic E-state index is 0.393.